The van der Waals surface area contributed by atoms with Crippen molar-refractivity contribution in [1.82, 2.24) is 0 Å². The van der Waals surface area contributed by atoms with Crippen molar-refractivity contribution >= 4 is 43.0 Å². The number of hydrogen-bond donors (Lipinski definition) is 2. The highest BCUT2D eigenvalue weighted by Crippen LogP contribution is 2.22. The molecule has 0 unspecified atom stereocenters. The molecule has 0 saturated heterocycles. The smallest absolute Gasteiger partial charge is 0.261 e. The maximum Gasteiger partial charge on any atom is 0.261 e. The summed E-state index contributed by atoms with van der Waals surface area (Å²) >= 11 is 5.78. The number of sulfonamides is 2. The molecule has 10 heteroatoms. The van der Waals surface area contributed by atoms with Crippen LogP contribution in [0, 0.1) is 5.82 Å². The summed E-state index contributed by atoms with van der Waals surface area (Å²) in [7, 11) is -8.05. The van der Waals surface area contributed by atoms with E-state index < -0.39 is 25.9 Å². The van der Waals surface area contributed by atoms with Gasteiger partial charge >= 0.3 is 0 Å². The van der Waals surface area contributed by atoms with Gasteiger partial charge in [0.15, 0.2) is 0 Å². The molecule has 3 aromatic rings. The van der Waals surface area contributed by atoms with Crippen LogP contribution in [0.1, 0.15) is 0 Å². The van der Waals surface area contributed by atoms with E-state index in [1.54, 1.807) is 0 Å². The molecule has 0 aliphatic heterocycles. The van der Waals surface area contributed by atoms with Crippen LogP contribution < -0.4 is 9.44 Å². The van der Waals surface area contributed by atoms with Crippen LogP contribution in [-0.2, 0) is 20.0 Å². The second kappa shape index (κ2) is 7.78. The van der Waals surface area contributed by atoms with Gasteiger partial charge in [-0.15, -0.1) is 0 Å². The van der Waals surface area contributed by atoms with E-state index >= 15 is 0 Å². The summed E-state index contributed by atoms with van der Waals surface area (Å²) < 4.78 is 67.8. The zero-order chi connectivity index (χ0) is 20.4. The van der Waals surface area contributed by atoms with E-state index in [2.05, 4.69) is 9.44 Å². The lowest BCUT2D eigenvalue weighted by atomic mass is 10.3. The van der Waals surface area contributed by atoms with Crippen molar-refractivity contribution in [3.05, 3.63) is 83.6 Å². The molecule has 2 N–H and O–H groups in total. The van der Waals surface area contributed by atoms with Crippen LogP contribution in [0.5, 0.6) is 0 Å². The van der Waals surface area contributed by atoms with Gasteiger partial charge in [-0.2, -0.15) is 0 Å². The first-order valence-electron chi connectivity index (χ1n) is 7.83. The minimum Gasteiger partial charge on any atom is -0.280 e. The first-order valence-corrected chi connectivity index (χ1v) is 11.2. The summed E-state index contributed by atoms with van der Waals surface area (Å²) in [6.45, 7) is 0. The second-order valence-electron chi connectivity index (χ2n) is 5.70. The molecular formula is C18H14ClFN2O4S2. The lowest BCUT2D eigenvalue weighted by molar-refractivity contribution is 0.594. The van der Waals surface area contributed by atoms with E-state index in [0.717, 1.165) is 18.2 Å². The van der Waals surface area contributed by atoms with E-state index in [9.17, 15) is 21.2 Å². The van der Waals surface area contributed by atoms with Gasteiger partial charge in [0, 0.05) is 10.7 Å². The summed E-state index contributed by atoms with van der Waals surface area (Å²) in [6, 6.07) is 15.8. The monoisotopic (exact) mass is 440 g/mol. The first-order chi connectivity index (χ1) is 13.2. The maximum absolute atomic E-state index is 13.3. The molecule has 3 rings (SSSR count). The minimum absolute atomic E-state index is 0.0169. The van der Waals surface area contributed by atoms with Crippen LogP contribution in [0.25, 0.3) is 0 Å². The Balaban J connectivity index is 1.86. The van der Waals surface area contributed by atoms with Crippen molar-refractivity contribution in [2.24, 2.45) is 0 Å². The summed E-state index contributed by atoms with van der Waals surface area (Å²) in [5.74, 6) is -0.702. The molecule has 3 aromatic carbocycles. The molecule has 28 heavy (non-hydrogen) atoms. The number of benzene rings is 3. The van der Waals surface area contributed by atoms with Crippen LogP contribution in [0.15, 0.2) is 82.6 Å². The third-order valence-electron chi connectivity index (χ3n) is 3.60. The highest BCUT2D eigenvalue weighted by molar-refractivity contribution is 7.93. The molecule has 0 radical (unpaired) electrons. The molecule has 0 aliphatic rings. The fourth-order valence-electron chi connectivity index (χ4n) is 2.31. The average Bonchev–Trinajstić information content (AvgIpc) is 2.63. The topological polar surface area (TPSA) is 92.3 Å². The zero-order valence-electron chi connectivity index (χ0n) is 14.1. The fourth-order valence-corrected chi connectivity index (χ4v) is 4.62. The highest BCUT2D eigenvalue weighted by Gasteiger charge is 2.18. The zero-order valence-corrected chi connectivity index (χ0v) is 16.5. The average molecular weight is 441 g/mol. The maximum atomic E-state index is 13.3. The van der Waals surface area contributed by atoms with Crippen LogP contribution >= 0.6 is 11.6 Å². The normalized spacial score (nSPS) is 11.8. The van der Waals surface area contributed by atoms with Crippen molar-refractivity contribution in [2.75, 3.05) is 9.44 Å². The second-order valence-corrected chi connectivity index (χ2v) is 9.50. The van der Waals surface area contributed by atoms with Crippen molar-refractivity contribution in [3.8, 4) is 0 Å². The fraction of sp³-hybridized carbons (Fsp3) is 0. The van der Waals surface area contributed by atoms with Gasteiger partial charge < -0.3 is 0 Å². The molecule has 0 fully saturated rings. The van der Waals surface area contributed by atoms with E-state index in [1.165, 1.54) is 54.6 Å². The van der Waals surface area contributed by atoms with Crippen LogP contribution in [-0.4, -0.2) is 16.8 Å². The van der Waals surface area contributed by atoms with Crippen LogP contribution in [0.2, 0.25) is 5.02 Å². The quantitative estimate of drug-likeness (QED) is 0.604. The molecule has 0 spiro atoms. The standard InChI is InChI=1S/C18H14ClFN2O4S2/c19-13-7-9-15(10-8-13)21-28(25,26)18-6-2-4-16(12-18)22-27(23,24)17-5-1-3-14(20)11-17/h1-12,21-22H. The summed E-state index contributed by atoms with van der Waals surface area (Å²) in [5.41, 5.74) is 0.318. The van der Waals surface area contributed by atoms with Crippen LogP contribution in [0.3, 0.4) is 0 Å². The van der Waals surface area contributed by atoms with Gasteiger partial charge in [-0.3, -0.25) is 9.44 Å². The molecule has 0 heterocycles. The van der Waals surface area contributed by atoms with Gasteiger partial charge in [-0.1, -0.05) is 23.7 Å². The molecule has 0 aromatic heterocycles. The number of hydrogen-bond acceptors (Lipinski definition) is 4. The highest BCUT2D eigenvalue weighted by atomic mass is 35.5. The van der Waals surface area contributed by atoms with E-state index in [-0.39, 0.29) is 15.5 Å². The van der Waals surface area contributed by atoms with Crippen molar-refractivity contribution in [2.45, 2.75) is 9.79 Å². The van der Waals surface area contributed by atoms with Gasteiger partial charge in [-0.25, -0.2) is 21.2 Å². The van der Waals surface area contributed by atoms with Gasteiger partial charge in [-0.05, 0) is 60.7 Å². The Morgan fingerprint density at radius 2 is 1.21 bits per heavy atom. The third-order valence-corrected chi connectivity index (χ3v) is 6.61. The van der Waals surface area contributed by atoms with Gasteiger partial charge in [0.25, 0.3) is 20.0 Å². The van der Waals surface area contributed by atoms with Gasteiger partial charge in [0.1, 0.15) is 5.82 Å². The minimum atomic E-state index is -4.08. The SMILES string of the molecule is O=S(=O)(Nc1cccc(S(=O)(=O)Nc2ccc(Cl)cc2)c1)c1cccc(F)c1. The molecule has 0 atom stereocenters. The van der Waals surface area contributed by atoms with Crippen molar-refractivity contribution in [1.29, 1.82) is 0 Å². The molecule has 0 amide bonds. The van der Waals surface area contributed by atoms with E-state index in [4.69, 9.17) is 11.6 Å². The summed E-state index contributed by atoms with van der Waals surface area (Å²) in [6.07, 6.45) is 0. The Labute approximate surface area is 167 Å². The Morgan fingerprint density at radius 1 is 0.679 bits per heavy atom. The van der Waals surface area contributed by atoms with Gasteiger partial charge in [0.2, 0.25) is 0 Å². The molecule has 0 saturated carbocycles. The largest absolute Gasteiger partial charge is 0.280 e. The Morgan fingerprint density at radius 3 is 1.82 bits per heavy atom. The van der Waals surface area contributed by atoms with Crippen LogP contribution in [0.4, 0.5) is 15.8 Å². The Kier molecular flexibility index (Phi) is 5.59. The lowest BCUT2D eigenvalue weighted by Gasteiger charge is -2.11. The van der Waals surface area contributed by atoms with Gasteiger partial charge in [0.05, 0.1) is 15.5 Å². The first kappa shape index (κ1) is 20.1. The van der Waals surface area contributed by atoms with Crippen molar-refractivity contribution < 1.29 is 21.2 Å². The molecular weight excluding hydrogens is 427 g/mol. The third kappa shape index (κ3) is 4.80. The molecule has 0 bridgehead atoms. The summed E-state index contributed by atoms with van der Waals surface area (Å²) in [5, 5.41) is 0.455. The molecule has 0 aliphatic carbocycles. The lowest BCUT2D eigenvalue weighted by Crippen LogP contribution is -2.15. The summed E-state index contributed by atoms with van der Waals surface area (Å²) in [4.78, 5) is -0.429. The number of halogens is 2. The predicted molar refractivity (Wildman–Crippen MR) is 106 cm³/mol. The Hall–Kier alpha value is -2.62. The number of anilines is 2. The Bertz CT molecular complexity index is 1210. The number of nitrogens with one attached hydrogen (secondary N) is 2. The number of rotatable bonds is 6. The van der Waals surface area contributed by atoms with E-state index in [0.29, 0.717) is 10.7 Å². The van der Waals surface area contributed by atoms with E-state index in [1.807, 2.05) is 0 Å². The predicted octanol–water partition coefficient (Wildman–Crippen LogP) is 4.08. The van der Waals surface area contributed by atoms with Crippen molar-refractivity contribution in [3.63, 3.8) is 0 Å². The molecule has 6 nitrogen and oxygen atoms in total. The molecule has 146 valence electrons.